The molecule has 4 unspecified atom stereocenters. The van der Waals surface area contributed by atoms with Gasteiger partial charge in [-0.05, 0) is 97.2 Å². The summed E-state index contributed by atoms with van der Waals surface area (Å²) in [6.07, 6.45) is 5.19. The van der Waals surface area contributed by atoms with Gasteiger partial charge in [0.15, 0.2) is 5.11 Å². The van der Waals surface area contributed by atoms with Crippen LogP contribution < -0.4 is 15.1 Å². The smallest absolute Gasteiger partial charge is 0.174 e. The first-order valence-electron chi connectivity index (χ1n) is 13.4. The summed E-state index contributed by atoms with van der Waals surface area (Å²) in [7, 11) is 0. The van der Waals surface area contributed by atoms with Gasteiger partial charge in [0.05, 0.1) is 22.4 Å². The van der Waals surface area contributed by atoms with Gasteiger partial charge in [0.2, 0.25) is 0 Å². The number of hydrogen-bond acceptors (Lipinski definition) is 3. The number of anilines is 2. The monoisotopic (exact) mass is 619 g/mol. The lowest BCUT2D eigenvalue weighted by atomic mass is 9.91. The molecule has 2 aliphatic rings. The highest BCUT2D eigenvalue weighted by Gasteiger charge is 2.42. The van der Waals surface area contributed by atoms with Crippen molar-refractivity contribution in [2.24, 2.45) is 11.8 Å². The van der Waals surface area contributed by atoms with Gasteiger partial charge in [-0.1, -0.05) is 47.4 Å². The Morgan fingerprint density at radius 1 is 0.949 bits per heavy atom. The van der Waals surface area contributed by atoms with Crippen molar-refractivity contribution in [3.05, 3.63) is 106 Å². The Hall–Kier alpha value is -2.87. The first-order valence-corrected chi connectivity index (χ1v) is 15.0. The summed E-state index contributed by atoms with van der Waals surface area (Å²) in [5, 5.41) is 4.98. The molecule has 4 atom stereocenters. The zero-order valence-corrected chi connectivity index (χ0v) is 25.1. The van der Waals surface area contributed by atoms with Crippen molar-refractivity contribution >= 4 is 56.2 Å². The molecule has 5 nitrogen and oxygen atoms in total. The summed E-state index contributed by atoms with van der Waals surface area (Å²) in [5.41, 5.74) is 5.19. The first-order chi connectivity index (χ1) is 18.9. The van der Waals surface area contributed by atoms with Crippen molar-refractivity contribution in [2.45, 2.75) is 32.4 Å². The Kier molecular flexibility index (Phi) is 7.40. The molecule has 0 amide bonds. The zero-order chi connectivity index (χ0) is 27.1. The third kappa shape index (κ3) is 5.20. The summed E-state index contributed by atoms with van der Waals surface area (Å²) in [4.78, 5) is 9.33. The van der Waals surface area contributed by atoms with Crippen LogP contribution in [0.2, 0.25) is 5.02 Å². The summed E-state index contributed by atoms with van der Waals surface area (Å²) < 4.78 is 3.27. The average Bonchev–Trinajstić information content (AvgIpc) is 3.53. The third-order valence-corrected chi connectivity index (χ3v) is 8.85. The highest BCUT2D eigenvalue weighted by Crippen LogP contribution is 2.44. The molecule has 1 N–H and O–H groups in total. The molecule has 200 valence electrons. The molecule has 2 aliphatic heterocycles. The third-order valence-electron chi connectivity index (χ3n) is 7.71. The van der Waals surface area contributed by atoms with E-state index in [2.05, 4.69) is 116 Å². The van der Waals surface area contributed by atoms with E-state index in [1.54, 1.807) is 0 Å². The summed E-state index contributed by atoms with van der Waals surface area (Å²) >= 11 is 16.5. The van der Waals surface area contributed by atoms with E-state index >= 15 is 0 Å². The average molecular weight is 621 g/mol. The standard InChI is InChI=1S/C31H31BrClN5S/c1-20-16-21(2)19-36(18-20)27-13-12-24(17-25(27)33)38-30(29(35-31(38)39)26-6-3-4-14-34-26)28-7-5-15-37(28)23-10-8-22(32)9-11-23/h3-15,17,20-21,29-30H,16,18-19H2,1-2H3,(H,35,39). The molecule has 4 aromatic rings. The van der Waals surface area contributed by atoms with Gasteiger partial charge in [0.25, 0.3) is 0 Å². The topological polar surface area (TPSA) is 36.3 Å². The number of nitrogens with one attached hydrogen (secondary N) is 1. The second-order valence-corrected chi connectivity index (χ2v) is 12.5. The number of piperidine rings is 1. The van der Waals surface area contributed by atoms with E-state index in [0.29, 0.717) is 16.9 Å². The largest absolute Gasteiger partial charge is 0.370 e. The van der Waals surface area contributed by atoms with Crippen molar-refractivity contribution < 1.29 is 0 Å². The summed E-state index contributed by atoms with van der Waals surface area (Å²) in [6.45, 7) is 6.70. The highest BCUT2D eigenvalue weighted by atomic mass is 79.9. The number of hydrogen-bond donors (Lipinski definition) is 1. The number of rotatable bonds is 5. The van der Waals surface area contributed by atoms with Crippen LogP contribution >= 0.6 is 39.7 Å². The molecule has 2 aromatic carbocycles. The van der Waals surface area contributed by atoms with Crippen LogP contribution in [0.4, 0.5) is 11.4 Å². The van der Waals surface area contributed by atoms with E-state index in [4.69, 9.17) is 28.8 Å². The Morgan fingerprint density at radius 2 is 1.69 bits per heavy atom. The summed E-state index contributed by atoms with van der Waals surface area (Å²) in [6, 6.07) is 24.7. The quantitative estimate of drug-likeness (QED) is 0.229. The predicted octanol–water partition coefficient (Wildman–Crippen LogP) is 7.95. The van der Waals surface area contributed by atoms with E-state index < -0.39 is 0 Å². The van der Waals surface area contributed by atoms with Crippen molar-refractivity contribution in [3.8, 4) is 5.69 Å². The molecule has 4 heterocycles. The van der Waals surface area contributed by atoms with Gasteiger partial charge in [-0.25, -0.2) is 0 Å². The van der Waals surface area contributed by atoms with Crippen LogP contribution in [0, 0.1) is 11.8 Å². The van der Waals surface area contributed by atoms with Gasteiger partial charge in [-0.15, -0.1) is 0 Å². The van der Waals surface area contributed by atoms with Gasteiger partial charge in [0, 0.05) is 47.0 Å². The lowest BCUT2D eigenvalue weighted by molar-refractivity contribution is 0.357. The number of pyridine rings is 1. The number of aromatic nitrogens is 2. The van der Waals surface area contributed by atoms with Crippen LogP contribution in [0.3, 0.4) is 0 Å². The van der Waals surface area contributed by atoms with Crippen LogP contribution in [0.25, 0.3) is 5.69 Å². The van der Waals surface area contributed by atoms with Crippen LogP contribution in [0.15, 0.2) is 89.7 Å². The fraction of sp³-hybridized carbons (Fsp3) is 0.290. The molecule has 2 fully saturated rings. The normalized spacial score (nSPS) is 23.2. The maximum absolute atomic E-state index is 7.00. The van der Waals surface area contributed by atoms with E-state index in [0.717, 1.165) is 51.0 Å². The fourth-order valence-electron chi connectivity index (χ4n) is 6.17. The van der Waals surface area contributed by atoms with Crippen molar-refractivity contribution in [1.82, 2.24) is 14.9 Å². The van der Waals surface area contributed by atoms with Gasteiger partial charge in [-0.3, -0.25) is 4.98 Å². The maximum Gasteiger partial charge on any atom is 0.174 e. The molecular formula is C31H31BrClN5S. The minimum Gasteiger partial charge on any atom is -0.370 e. The van der Waals surface area contributed by atoms with Gasteiger partial charge >= 0.3 is 0 Å². The molecule has 0 saturated carbocycles. The molecular weight excluding hydrogens is 590 g/mol. The second-order valence-electron chi connectivity index (χ2n) is 10.8. The fourth-order valence-corrected chi connectivity index (χ4v) is 7.07. The van der Waals surface area contributed by atoms with Gasteiger partial charge in [-0.2, -0.15) is 0 Å². The first kappa shape index (κ1) is 26.4. The van der Waals surface area contributed by atoms with Crippen LogP contribution in [0.1, 0.15) is 43.7 Å². The van der Waals surface area contributed by atoms with E-state index in [-0.39, 0.29) is 12.1 Å². The lowest BCUT2D eigenvalue weighted by Crippen LogP contribution is -2.38. The molecule has 0 spiro atoms. The molecule has 2 aromatic heterocycles. The lowest BCUT2D eigenvalue weighted by Gasteiger charge is -2.37. The van der Waals surface area contributed by atoms with E-state index in [1.807, 2.05) is 18.3 Å². The molecule has 0 radical (unpaired) electrons. The van der Waals surface area contributed by atoms with Crippen molar-refractivity contribution in [3.63, 3.8) is 0 Å². The predicted molar refractivity (Wildman–Crippen MR) is 168 cm³/mol. The molecule has 0 bridgehead atoms. The minimum absolute atomic E-state index is 0.134. The molecule has 39 heavy (non-hydrogen) atoms. The van der Waals surface area contributed by atoms with Crippen molar-refractivity contribution in [2.75, 3.05) is 22.9 Å². The van der Waals surface area contributed by atoms with Crippen LogP contribution in [0.5, 0.6) is 0 Å². The van der Waals surface area contributed by atoms with E-state index in [9.17, 15) is 0 Å². The number of nitrogens with zero attached hydrogens (tertiary/aromatic N) is 4. The minimum atomic E-state index is -0.136. The SMILES string of the molecule is CC1CC(C)CN(c2ccc(N3C(=S)NC(c4ccccn4)C3c3cccn3-c3ccc(Br)cc3)cc2Cl)C1. The number of thiocarbonyl (C=S) groups is 1. The Balaban J connectivity index is 1.42. The molecule has 8 heteroatoms. The van der Waals surface area contributed by atoms with Gasteiger partial charge < -0.3 is 19.7 Å². The zero-order valence-electron chi connectivity index (χ0n) is 22.0. The number of halogens is 2. The van der Waals surface area contributed by atoms with Crippen LogP contribution in [-0.4, -0.2) is 27.8 Å². The molecule has 6 rings (SSSR count). The van der Waals surface area contributed by atoms with E-state index in [1.165, 1.54) is 6.42 Å². The Morgan fingerprint density at radius 3 is 2.38 bits per heavy atom. The highest BCUT2D eigenvalue weighted by molar-refractivity contribution is 9.10. The Labute approximate surface area is 248 Å². The van der Waals surface area contributed by atoms with Crippen LogP contribution in [-0.2, 0) is 0 Å². The Bertz CT molecular complexity index is 1460. The molecule has 0 aliphatic carbocycles. The maximum atomic E-state index is 7.00. The summed E-state index contributed by atoms with van der Waals surface area (Å²) in [5.74, 6) is 1.30. The second kappa shape index (κ2) is 11.0. The van der Waals surface area contributed by atoms with Gasteiger partial charge in [0.1, 0.15) is 6.04 Å². The van der Waals surface area contributed by atoms with Crippen molar-refractivity contribution in [1.29, 1.82) is 0 Å². The molecule has 2 saturated heterocycles. The number of benzene rings is 2.